The number of hydrogen-bond donors (Lipinski definition) is 3. The Morgan fingerprint density at radius 3 is 2.09 bits per heavy atom. The number of hydrogen-bond acceptors (Lipinski definition) is 5. The lowest BCUT2D eigenvalue weighted by Crippen LogP contribution is -2.53. The maximum atomic E-state index is 9.10. The number of carboxylic acids is 2. The number of aromatic amines is 1. The third kappa shape index (κ3) is 5.95. The zero-order valence-electron chi connectivity index (χ0n) is 19.3. The van der Waals surface area contributed by atoms with Gasteiger partial charge in [-0.15, -0.1) is 0 Å². The van der Waals surface area contributed by atoms with Crippen LogP contribution in [-0.4, -0.2) is 82.2 Å². The van der Waals surface area contributed by atoms with Gasteiger partial charge in [-0.25, -0.2) is 9.59 Å². The monoisotopic (exact) mass is 464 g/mol. The van der Waals surface area contributed by atoms with Crippen molar-refractivity contribution in [3.63, 3.8) is 0 Å². The molecule has 0 spiro atoms. The molecule has 3 N–H and O–H groups in total. The Bertz CT molecular complexity index is 1070. The zero-order chi connectivity index (χ0) is 23.9. The Balaban J connectivity index is 0.000000408. The van der Waals surface area contributed by atoms with E-state index in [0.29, 0.717) is 0 Å². The quantitative estimate of drug-likeness (QED) is 0.510. The average Bonchev–Trinajstić information content (AvgIpc) is 3.28. The summed E-state index contributed by atoms with van der Waals surface area (Å²) >= 11 is 0. The van der Waals surface area contributed by atoms with E-state index in [1.54, 1.807) is 0 Å². The summed E-state index contributed by atoms with van der Waals surface area (Å²) in [5.74, 6) is -3.65. The summed E-state index contributed by atoms with van der Waals surface area (Å²) in [6, 6.07) is 20.3. The molecule has 3 heterocycles. The van der Waals surface area contributed by atoms with E-state index in [2.05, 4.69) is 80.5 Å². The van der Waals surface area contributed by atoms with Gasteiger partial charge >= 0.3 is 11.9 Å². The van der Waals surface area contributed by atoms with Gasteiger partial charge in [-0.1, -0.05) is 36.4 Å². The van der Waals surface area contributed by atoms with Gasteiger partial charge in [-0.3, -0.25) is 9.80 Å². The van der Waals surface area contributed by atoms with Crippen LogP contribution in [-0.2, 0) is 16.1 Å². The lowest BCUT2D eigenvalue weighted by Gasteiger charge is -2.43. The molecule has 0 unspecified atom stereocenters. The average molecular weight is 465 g/mol. The Kier molecular flexibility index (Phi) is 7.82. The SMILES string of the molecule is O=C(O)C(=O)O.c1ccc(N2CCN(C3CCN(Cc4c[nH]c5ccccc45)CC3)CC2)cc1. The molecule has 1 aromatic heterocycles. The molecule has 8 heteroatoms. The number of carboxylic acid groups (broad SMARTS) is 2. The Hall–Kier alpha value is -3.36. The molecule has 8 nitrogen and oxygen atoms in total. The van der Waals surface area contributed by atoms with E-state index in [-0.39, 0.29) is 0 Å². The van der Waals surface area contributed by atoms with Gasteiger partial charge in [0.2, 0.25) is 0 Å². The minimum atomic E-state index is -1.82. The number of rotatable bonds is 4. The number of aliphatic carboxylic acids is 2. The van der Waals surface area contributed by atoms with Gasteiger partial charge in [-0.05, 0) is 49.7 Å². The minimum absolute atomic E-state index is 0.761. The number of piperidine rings is 1. The molecule has 2 aromatic carbocycles. The Morgan fingerprint density at radius 1 is 0.824 bits per heavy atom. The number of anilines is 1. The maximum absolute atomic E-state index is 9.10. The van der Waals surface area contributed by atoms with Gasteiger partial charge in [0.25, 0.3) is 0 Å². The van der Waals surface area contributed by atoms with Crippen molar-refractivity contribution in [2.45, 2.75) is 25.4 Å². The van der Waals surface area contributed by atoms with Gasteiger partial charge in [0.15, 0.2) is 0 Å². The summed E-state index contributed by atoms with van der Waals surface area (Å²) in [6.07, 6.45) is 4.79. The first kappa shape index (κ1) is 23.8. The molecule has 0 radical (unpaired) electrons. The lowest BCUT2D eigenvalue weighted by atomic mass is 10.0. The number of likely N-dealkylation sites (tertiary alicyclic amines) is 1. The second-order valence-corrected chi connectivity index (χ2v) is 8.84. The third-order valence-electron chi connectivity index (χ3n) is 6.76. The molecule has 0 bridgehead atoms. The van der Waals surface area contributed by atoms with Crippen LogP contribution in [0.2, 0.25) is 0 Å². The highest BCUT2D eigenvalue weighted by molar-refractivity contribution is 6.27. The number of H-pyrrole nitrogens is 1. The fourth-order valence-corrected chi connectivity index (χ4v) is 4.93. The minimum Gasteiger partial charge on any atom is -0.473 e. The zero-order valence-corrected chi connectivity index (χ0v) is 19.3. The van der Waals surface area contributed by atoms with E-state index in [1.807, 2.05) is 0 Å². The summed E-state index contributed by atoms with van der Waals surface area (Å²) in [5.41, 5.74) is 4.06. The number of aromatic nitrogens is 1. The fourth-order valence-electron chi connectivity index (χ4n) is 4.93. The van der Waals surface area contributed by atoms with Crippen LogP contribution in [0.4, 0.5) is 5.69 Å². The molecule has 180 valence electrons. The van der Waals surface area contributed by atoms with E-state index < -0.39 is 11.9 Å². The number of benzene rings is 2. The van der Waals surface area contributed by atoms with Crippen molar-refractivity contribution in [1.82, 2.24) is 14.8 Å². The van der Waals surface area contributed by atoms with E-state index >= 15 is 0 Å². The molecule has 2 aliphatic heterocycles. The van der Waals surface area contributed by atoms with Gasteiger partial charge in [0.1, 0.15) is 0 Å². The number of nitrogens with zero attached hydrogens (tertiary/aromatic N) is 3. The Morgan fingerprint density at radius 2 is 1.44 bits per heavy atom. The van der Waals surface area contributed by atoms with Crippen LogP contribution in [0.1, 0.15) is 18.4 Å². The summed E-state index contributed by atoms with van der Waals surface area (Å²) in [4.78, 5) is 29.5. The van der Waals surface area contributed by atoms with Crippen LogP contribution in [0, 0.1) is 0 Å². The van der Waals surface area contributed by atoms with Crippen LogP contribution in [0.15, 0.2) is 60.8 Å². The number of fused-ring (bicyclic) bond motifs is 1. The van der Waals surface area contributed by atoms with Crippen molar-refractivity contribution in [1.29, 1.82) is 0 Å². The number of piperazine rings is 1. The molecule has 34 heavy (non-hydrogen) atoms. The van der Waals surface area contributed by atoms with Gasteiger partial charge in [0, 0.05) is 61.6 Å². The molecular weight excluding hydrogens is 432 g/mol. The second-order valence-electron chi connectivity index (χ2n) is 8.84. The highest BCUT2D eigenvalue weighted by atomic mass is 16.4. The number of para-hydroxylation sites is 2. The maximum Gasteiger partial charge on any atom is 0.414 e. The lowest BCUT2D eigenvalue weighted by molar-refractivity contribution is -0.159. The van der Waals surface area contributed by atoms with Crippen molar-refractivity contribution >= 4 is 28.5 Å². The van der Waals surface area contributed by atoms with Crippen molar-refractivity contribution in [3.8, 4) is 0 Å². The topological polar surface area (TPSA) is 100 Å². The summed E-state index contributed by atoms with van der Waals surface area (Å²) in [5, 5.41) is 16.2. The largest absolute Gasteiger partial charge is 0.473 e. The third-order valence-corrected chi connectivity index (χ3v) is 6.76. The summed E-state index contributed by atoms with van der Waals surface area (Å²) < 4.78 is 0. The molecule has 2 fully saturated rings. The van der Waals surface area contributed by atoms with Crippen LogP contribution in [0.25, 0.3) is 10.9 Å². The van der Waals surface area contributed by atoms with Crippen molar-refractivity contribution in [3.05, 3.63) is 66.4 Å². The molecule has 3 aromatic rings. The standard InChI is InChI=1S/C24H30N4.C2H2O4/c1-2-6-21(7-3-1)27-14-16-28(17-15-27)22-10-12-26(13-11-22)19-20-18-25-24-9-5-4-8-23(20)24;3-1(4)2(5)6/h1-9,18,22,25H,10-17,19H2;(H,3,4)(H,5,6). The van der Waals surface area contributed by atoms with E-state index in [0.717, 1.165) is 25.7 Å². The van der Waals surface area contributed by atoms with Gasteiger partial charge in [0.05, 0.1) is 0 Å². The van der Waals surface area contributed by atoms with Gasteiger partial charge < -0.3 is 20.1 Å². The predicted molar refractivity (Wildman–Crippen MR) is 132 cm³/mol. The number of nitrogens with one attached hydrogen (secondary N) is 1. The summed E-state index contributed by atoms with van der Waals surface area (Å²) in [7, 11) is 0. The molecule has 2 saturated heterocycles. The van der Waals surface area contributed by atoms with Gasteiger partial charge in [-0.2, -0.15) is 0 Å². The highest BCUT2D eigenvalue weighted by Gasteiger charge is 2.27. The van der Waals surface area contributed by atoms with Crippen LogP contribution < -0.4 is 4.90 Å². The molecule has 0 saturated carbocycles. The van der Waals surface area contributed by atoms with Crippen LogP contribution in [0.5, 0.6) is 0 Å². The second kappa shape index (κ2) is 11.2. The van der Waals surface area contributed by atoms with Crippen LogP contribution >= 0.6 is 0 Å². The highest BCUT2D eigenvalue weighted by Crippen LogP contribution is 2.24. The van der Waals surface area contributed by atoms with Crippen LogP contribution in [0.3, 0.4) is 0 Å². The molecular formula is C26H32N4O4. The molecule has 0 aliphatic carbocycles. The smallest absolute Gasteiger partial charge is 0.414 e. The Labute approximate surface area is 199 Å². The summed E-state index contributed by atoms with van der Waals surface area (Å²) in [6.45, 7) is 8.19. The van der Waals surface area contributed by atoms with Crippen molar-refractivity contribution < 1.29 is 19.8 Å². The first-order valence-electron chi connectivity index (χ1n) is 11.8. The van der Waals surface area contributed by atoms with E-state index in [9.17, 15) is 0 Å². The normalized spacial score (nSPS) is 17.8. The molecule has 0 amide bonds. The molecule has 5 rings (SSSR count). The van der Waals surface area contributed by atoms with Crippen molar-refractivity contribution in [2.24, 2.45) is 0 Å². The van der Waals surface area contributed by atoms with E-state index in [1.165, 1.54) is 61.2 Å². The first-order valence-corrected chi connectivity index (χ1v) is 11.8. The number of carbonyl (C=O) groups is 2. The predicted octanol–water partition coefficient (Wildman–Crippen LogP) is 3.11. The van der Waals surface area contributed by atoms with Crippen molar-refractivity contribution in [2.75, 3.05) is 44.2 Å². The molecule has 2 aliphatic rings. The van der Waals surface area contributed by atoms with E-state index in [4.69, 9.17) is 19.8 Å². The molecule has 0 atom stereocenters. The fraction of sp³-hybridized carbons (Fsp3) is 0.385. The first-order chi connectivity index (χ1) is 16.5.